The highest BCUT2D eigenvalue weighted by molar-refractivity contribution is 7.80. The molecule has 1 aromatic rings. The molecule has 0 spiro atoms. The largest absolute Gasteiger partial charge is 0.496 e. The number of ether oxygens (including phenoxy) is 2. The lowest BCUT2D eigenvalue weighted by Gasteiger charge is -2.27. The molecule has 1 heterocycles. The van der Waals surface area contributed by atoms with Gasteiger partial charge >= 0.3 is 0 Å². The molecule has 116 valence electrons. The second-order valence-electron chi connectivity index (χ2n) is 5.58. The van der Waals surface area contributed by atoms with Crippen molar-refractivity contribution in [2.45, 2.75) is 31.9 Å². The summed E-state index contributed by atoms with van der Waals surface area (Å²) >= 11 is 5.03. The Bertz CT molecular complexity index is 487. The predicted molar refractivity (Wildman–Crippen MR) is 88.8 cm³/mol. The molecule has 4 nitrogen and oxygen atoms in total. The fraction of sp³-hybridized carbons (Fsp3) is 0.562. The molecule has 0 amide bonds. The van der Waals surface area contributed by atoms with Gasteiger partial charge in [0, 0.05) is 19.7 Å². The maximum atomic E-state index is 5.78. The summed E-state index contributed by atoms with van der Waals surface area (Å²) in [5.74, 6) is 0.738. The highest BCUT2D eigenvalue weighted by Gasteiger charge is 2.16. The van der Waals surface area contributed by atoms with E-state index < -0.39 is 0 Å². The van der Waals surface area contributed by atoms with E-state index in [2.05, 4.69) is 18.0 Å². The highest BCUT2D eigenvalue weighted by atomic mass is 32.1. The zero-order valence-corrected chi connectivity index (χ0v) is 13.6. The lowest BCUT2D eigenvalue weighted by Crippen LogP contribution is -2.33. The van der Waals surface area contributed by atoms with Crippen LogP contribution in [0.25, 0.3) is 0 Å². The molecule has 1 saturated heterocycles. The number of nitrogens with zero attached hydrogens (tertiary/aromatic N) is 1. The third-order valence-electron chi connectivity index (χ3n) is 3.77. The first-order chi connectivity index (χ1) is 10.1. The van der Waals surface area contributed by atoms with Crippen molar-refractivity contribution in [3.63, 3.8) is 0 Å². The van der Waals surface area contributed by atoms with Crippen LogP contribution >= 0.6 is 12.2 Å². The molecule has 2 rings (SSSR count). The van der Waals surface area contributed by atoms with Gasteiger partial charge in [-0.1, -0.05) is 18.3 Å². The summed E-state index contributed by atoms with van der Waals surface area (Å²) in [7, 11) is 3.76. The van der Waals surface area contributed by atoms with Crippen molar-refractivity contribution >= 4 is 17.2 Å². The van der Waals surface area contributed by atoms with E-state index in [1.54, 1.807) is 7.11 Å². The number of hydrogen-bond acceptors (Lipinski definition) is 4. The van der Waals surface area contributed by atoms with Crippen LogP contribution in [0.2, 0.25) is 0 Å². The second kappa shape index (κ2) is 7.73. The molecule has 0 aliphatic carbocycles. The fourth-order valence-corrected chi connectivity index (χ4v) is 2.88. The molecule has 1 aromatic carbocycles. The standard InChI is InChI=1S/C16H24N2O2S/c1-18(11-13-5-3-4-8-20-13)10-12-6-7-14(16(17)21)15(9-12)19-2/h6-7,9,13H,3-5,8,10-11H2,1-2H3,(H2,17,21). The van der Waals surface area contributed by atoms with Crippen LogP contribution < -0.4 is 10.5 Å². The lowest BCUT2D eigenvalue weighted by molar-refractivity contribution is -0.00259. The van der Waals surface area contributed by atoms with Crippen molar-refractivity contribution in [2.24, 2.45) is 5.73 Å². The third kappa shape index (κ3) is 4.66. The summed E-state index contributed by atoms with van der Waals surface area (Å²) in [6.07, 6.45) is 3.99. The first-order valence-electron chi connectivity index (χ1n) is 7.37. The Morgan fingerprint density at radius 2 is 2.29 bits per heavy atom. The van der Waals surface area contributed by atoms with Crippen molar-refractivity contribution < 1.29 is 9.47 Å². The highest BCUT2D eigenvalue weighted by Crippen LogP contribution is 2.21. The Hall–Kier alpha value is -1.17. The molecule has 0 aromatic heterocycles. The van der Waals surface area contributed by atoms with Gasteiger partial charge < -0.3 is 15.2 Å². The molecule has 5 heteroatoms. The van der Waals surface area contributed by atoms with Crippen LogP contribution in [0.5, 0.6) is 5.75 Å². The van der Waals surface area contributed by atoms with Crippen molar-refractivity contribution in [1.82, 2.24) is 4.90 Å². The molecule has 1 atom stereocenters. The zero-order valence-electron chi connectivity index (χ0n) is 12.8. The Labute approximate surface area is 132 Å². The number of hydrogen-bond donors (Lipinski definition) is 1. The molecule has 1 unspecified atom stereocenters. The monoisotopic (exact) mass is 308 g/mol. The van der Waals surface area contributed by atoms with Crippen LogP contribution in [-0.4, -0.2) is 43.3 Å². The Morgan fingerprint density at radius 3 is 2.90 bits per heavy atom. The van der Waals surface area contributed by atoms with E-state index in [0.29, 0.717) is 11.1 Å². The molecule has 1 fully saturated rings. The topological polar surface area (TPSA) is 47.7 Å². The van der Waals surface area contributed by atoms with E-state index >= 15 is 0 Å². The van der Waals surface area contributed by atoms with Gasteiger partial charge in [0.15, 0.2) is 0 Å². The molecule has 21 heavy (non-hydrogen) atoms. The van der Waals surface area contributed by atoms with Crippen LogP contribution in [0.3, 0.4) is 0 Å². The van der Waals surface area contributed by atoms with Crippen LogP contribution in [0.1, 0.15) is 30.4 Å². The SMILES string of the molecule is COc1cc(CN(C)CC2CCCCO2)ccc1C(N)=S. The van der Waals surface area contributed by atoms with Gasteiger partial charge in [-0.25, -0.2) is 0 Å². The molecule has 2 N–H and O–H groups in total. The molecule has 0 bridgehead atoms. The molecule has 1 aliphatic rings. The third-order valence-corrected chi connectivity index (χ3v) is 3.99. The number of rotatable bonds is 6. The first-order valence-corrected chi connectivity index (χ1v) is 7.78. The summed E-state index contributed by atoms with van der Waals surface area (Å²) in [6, 6.07) is 5.99. The Morgan fingerprint density at radius 1 is 1.48 bits per heavy atom. The van der Waals surface area contributed by atoms with Crippen molar-refractivity contribution in [3.05, 3.63) is 29.3 Å². The van der Waals surface area contributed by atoms with Gasteiger partial charge in [-0.15, -0.1) is 0 Å². The van der Waals surface area contributed by atoms with Crippen LogP contribution in [0.4, 0.5) is 0 Å². The maximum Gasteiger partial charge on any atom is 0.129 e. The van der Waals surface area contributed by atoms with Gasteiger partial charge in [-0.2, -0.15) is 0 Å². The summed E-state index contributed by atoms with van der Waals surface area (Å²) in [5, 5.41) is 0. The van der Waals surface area contributed by atoms with Crippen LogP contribution in [0.15, 0.2) is 18.2 Å². The predicted octanol–water partition coefficient (Wildman–Crippen LogP) is 2.33. The summed E-state index contributed by atoms with van der Waals surface area (Å²) in [5.41, 5.74) is 7.66. The normalized spacial score (nSPS) is 18.7. The lowest BCUT2D eigenvalue weighted by atomic mass is 10.1. The van der Waals surface area contributed by atoms with Gasteiger partial charge in [0.25, 0.3) is 0 Å². The smallest absolute Gasteiger partial charge is 0.129 e. The minimum absolute atomic E-state index is 0.363. The molecule has 0 saturated carbocycles. The van der Waals surface area contributed by atoms with E-state index in [4.69, 9.17) is 27.4 Å². The van der Waals surface area contributed by atoms with E-state index in [1.807, 2.05) is 12.1 Å². The van der Waals surface area contributed by atoms with Crippen LogP contribution in [0, 0.1) is 0 Å². The quantitative estimate of drug-likeness (QED) is 0.817. The van der Waals surface area contributed by atoms with E-state index in [9.17, 15) is 0 Å². The number of benzene rings is 1. The number of likely N-dealkylation sites (N-methyl/N-ethyl adjacent to an activating group) is 1. The number of nitrogens with two attached hydrogens (primary N) is 1. The van der Waals surface area contributed by atoms with Gasteiger partial charge in [-0.05, 0) is 44.0 Å². The van der Waals surface area contributed by atoms with Gasteiger partial charge in [0.2, 0.25) is 0 Å². The van der Waals surface area contributed by atoms with Gasteiger partial charge in [0.1, 0.15) is 10.7 Å². The number of methoxy groups -OCH3 is 1. The summed E-state index contributed by atoms with van der Waals surface area (Å²) in [6.45, 7) is 2.71. The first kappa shape index (κ1) is 16.2. The minimum atomic E-state index is 0.363. The van der Waals surface area contributed by atoms with Crippen molar-refractivity contribution in [1.29, 1.82) is 0 Å². The summed E-state index contributed by atoms with van der Waals surface area (Å²) < 4.78 is 11.1. The average Bonchev–Trinajstić information content (AvgIpc) is 2.47. The minimum Gasteiger partial charge on any atom is -0.496 e. The fourth-order valence-electron chi connectivity index (χ4n) is 2.71. The summed E-state index contributed by atoms with van der Waals surface area (Å²) in [4.78, 5) is 2.65. The maximum absolute atomic E-state index is 5.78. The average molecular weight is 308 g/mol. The zero-order chi connectivity index (χ0) is 15.2. The molecule has 0 radical (unpaired) electrons. The van der Waals surface area contributed by atoms with E-state index in [1.165, 1.54) is 18.4 Å². The molecular formula is C16H24N2O2S. The van der Waals surface area contributed by atoms with Crippen molar-refractivity contribution in [3.8, 4) is 5.75 Å². The van der Waals surface area contributed by atoms with Gasteiger partial charge in [0.05, 0.1) is 18.8 Å². The van der Waals surface area contributed by atoms with Gasteiger partial charge in [-0.3, -0.25) is 4.90 Å². The van der Waals surface area contributed by atoms with E-state index in [0.717, 1.165) is 37.4 Å². The van der Waals surface area contributed by atoms with Crippen molar-refractivity contribution in [2.75, 3.05) is 27.3 Å². The van der Waals surface area contributed by atoms with E-state index in [-0.39, 0.29) is 0 Å². The molecular weight excluding hydrogens is 284 g/mol. The van der Waals surface area contributed by atoms with Crippen LogP contribution in [-0.2, 0) is 11.3 Å². The number of thiocarbonyl (C=S) groups is 1. The molecule has 1 aliphatic heterocycles. The Kier molecular flexibility index (Phi) is 5.96. The Balaban J connectivity index is 1.96. The second-order valence-corrected chi connectivity index (χ2v) is 6.02.